The number of nitrogens with one attached hydrogen (secondary N) is 1. The van der Waals surface area contributed by atoms with Gasteiger partial charge in [0.05, 0.1) is 19.1 Å². The maximum absolute atomic E-state index is 13.3. The summed E-state index contributed by atoms with van der Waals surface area (Å²) in [6.45, 7) is 6.28. The highest BCUT2D eigenvalue weighted by Gasteiger charge is 2.42. The summed E-state index contributed by atoms with van der Waals surface area (Å²) in [5.74, 6) is -2.84. The number of piperidine rings is 1. The van der Waals surface area contributed by atoms with Gasteiger partial charge in [0.1, 0.15) is 11.6 Å². The molecule has 2 aliphatic heterocycles. The molecule has 2 aromatic rings. The fourth-order valence-electron chi connectivity index (χ4n) is 4.50. The van der Waals surface area contributed by atoms with Crippen LogP contribution in [0.1, 0.15) is 29.8 Å². The van der Waals surface area contributed by atoms with Crippen LogP contribution in [0.2, 0.25) is 0 Å². The Morgan fingerprint density at radius 3 is 2.27 bits per heavy atom. The zero-order valence-corrected chi connectivity index (χ0v) is 20.2. The van der Waals surface area contributed by atoms with Crippen molar-refractivity contribution in [2.24, 2.45) is 11.8 Å². The molecular weight excluding hydrogens is 503 g/mol. The van der Waals surface area contributed by atoms with E-state index < -0.39 is 23.8 Å². The number of nitrogens with zero attached hydrogens (tertiary/aromatic N) is 3. The summed E-state index contributed by atoms with van der Waals surface area (Å²) in [5.41, 5.74) is 2.30. The number of carbonyl (C=O) groups is 2. The van der Waals surface area contributed by atoms with Crippen molar-refractivity contribution in [2.75, 3.05) is 24.6 Å². The number of amides is 1. The fraction of sp³-hybridized carbons (Fsp3) is 0.500. The van der Waals surface area contributed by atoms with Gasteiger partial charge in [-0.3, -0.25) is 4.79 Å². The van der Waals surface area contributed by atoms with Crippen LogP contribution in [0.15, 0.2) is 24.3 Å². The molecule has 1 aromatic carbocycles. The molecule has 1 aromatic heterocycles. The molecule has 0 radical (unpaired) electrons. The van der Waals surface area contributed by atoms with Crippen LogP contribution in [0.3, 0.4) is 0 Å². The quantitative estimate of drug-likeness (QED) is 0.570. The summed E-state index contributed by atoms with van der Waals surface area (Å²) in [6.07, 6.45) is -4.06. The van der Waals surface area contributed by atoms with Crippen LogP contribution in [0, 0.1) is 37.3 Å². The molecule has 37 heavy (non-hydrogen) atoms. The van der Waals surface area contributed by atoms with E-state index in [9.17, 15) is 26.7 Å². The van der Waals surface area contributed by atoms with E-state index in [-0.39, 0.29) is 25.0 Å². The van der Waals surface area contributed by atoms with Crippen LogP contribution in [-0.2, 0) is 20.9 Å². The number of benzene rings is 1. The van der Waals surface area contributed by atoms with Crippen molar-refractivity contribution >= 4 is 17.8 Å². The van der Waals surface area contributed by atoms with Crippen molar-refractivity contribution in [3.63, 3.8) is 0 Å². The molecule has 0 spiro atoms. The van der Waals surface area contributed by atoms with Crippen molar-refractivity contribution in [3.05, 3.63) is 52.9 Å². The van der Waals surface area contributed by atoms with E-state index in [2.05, 4.69) is 20.2 Å². The van der Waals surface area contributed by atoms with Crippen LogP contribution < -0.4 is 10.2 Å². The van der Waals surface area contributed by atoms with Gasteiger partial charge < -0.3 is 20.1 Å². The summed E-state index contributed by atoms with van der Waals surface area (Å²) >= 11 is 0. The predicted molar refractivity (Wildman–Crippen MR) is 122 cm³/mol. The molecule has 0 saturated carbocycles. The number of fused-ring (bicyclic) bond motifs is 1. The number of hydrogen-bond acceptors (Lipinski definition) is 6. The number of ether oxygens (including phenoxy) is 1. The Labute approximate surface area is 209 Å². The van der Waals surface area contributed by atoms with Gasteiger partial charge >= 0.3 is 12.1 Å². The van der Waals surface area contributed by atoms with Gasteiger partial charge in [0.15, 0.2) is 0 Å². The van der Waals surface area contributed by atoms with Gasteiger partial charge in [-0.2, -0.15) is 13.2 Å². The Morgan fingerprint density at radius 2 is 1.70 bits per heavy atom. The molecule has 1 amide bonds. The smallest absolute Gasteiger partial charge is 0.475 e. The number of carboxylic acids is 1. The second-order valence-electron chi connectivity index (χ2n) is 9.04. The Morgan fingerprint density at radius 1 is 1.11 bits per heavy atom. The van der Waals surface area contributed by atoms with E-state index in [0.29, 0.717) is 24.0 Å². The molecule has 2 N–H and O–H groups in total. The Hall–Kier alpha value is -3.35. The minimum atomic E-state index is -5.08. The number of rotatable bonds is 5. The van der Waals surface area contributed by atoms with Crippen LogP contribution in [-0.4, -0.2) is 58.9 Å². The monoisotopic (exact) mass is 530 g/mol. The third-order valence-electron chi connectivity index (χ3n) is 6.09. The lowest BCUT2D eigenvalue weighted by molar-refractivity contribution is -0.192. The highest BCUT2D eigenvalue weighted by atomic mass is 19.4. The standard InChI is InChI=1S/C22H26F2N4O2.C2HF3O2/c1-13-5-14(2)27-22(26-13)28-4-3-19-16(11-28)12-30-20(19)9-21(29)25-10-15-6-17(23)8-18(24)7-15;3-2(4,5)1(6)7/h5-8,16,19-20H,3-4,9-12H2,1-2H3,(H,25,29);(H,6,7)/t16-,19-,20+;/m1./s1. The molecule has 2 saturated heterocycles. The number of carbonyl (C=O) groups excluding carboxylic acids is 1. The first-order valence-electron chi connectivity index (χ1n) is 11.5. The predicted octanol–water partition coefficient (Wildman–Crippen LogP) is 3.55. The second kappa shape index (κ2) is 11.8. The number of halogens is 5. The minimum Gasteiger partial charge on any atom is -0.475 e. The average molecular weight is 530 g/mol. The average Bonchev–Trinajstić information content (AvgIpc) is 3.18. The first kappa shape index (κ1) is 28.2. The normalized spacial score (nSPS) is 21.1. The molecule has 202 valence electrons. The van der Waals surface area contributed by atoms with Gasteiger partial charge in [-0.1, -0.05) is 0 Å². The Bertz CT molecular complexity index is 1090. The zero-order valence-electron chi connectivity index (χ0n) is 20.2. The molecule has 0 aliphatic carbocycles. The third-order valence-corrected chi connectivity index (χ3v) is 6.09. The van der Waals surface area contributed by atoms with Gasteiger partial charge in [-0.05, 0) is 49.9 Å². The maximum atomic E-state index is 13.3. The highest BCUT2D eigenvalue weighted by Crippen LogP contribution is 2.36. The van der Waals surface area contributed by atoms with Crippen LogP contribution in [0.4, 0.5) is 27.9 Å². The number of carboxylic acid groups (broad SMARTS) is 1. The van der Waals surface area contributed by atoms with Gasteiger partial charge in [-0.15, -0.1) is 0 Å². The molecule has 2 fully saturated rings. The maximum Gasteiger partial charge on any atom is 0.490 e. The number of aryl methyl sites for hydroxylation is 2. The van der Waals surface area contributed by atoms with Gasteiger partial charge in [0.2, 0.25) is 11.9 Å². The van der Waals surface area contributed by atoms with E-state index in [1.54, 1.807) is 0 Å². The molecule has 3 heterocycles. The lowest BCUT2D eigenvalue weighted by Gasteiger charge is -2.35. The molecule has 0 bridgehead atoms. The van der Waals surface area contributed by atoms with Gasteiger partial charge in [0.25, 0.3) is 0 Å². The Balaban J connectivity index is 0.000000479. The number of aliphatic carboxylic acids is 1. The van der Waals surface area contributed by atoms with Crippen LogP contribution >= 0.6 is 0 Å². The third kappa shape index (κ3) is 8.07. The lowest BCUT2D eigenvalue weighted by Crippen LogP contribution is -2.43. The first-order chi connectivity index (χ1) is 17.3. The van der Waals surface area contributed by atoms with E-state index in [0.717, 1.165) is 42.9 Å². The van der Waals surface area contributed by atoms with Crippen molar-refractivity contribution in [2.45, 2.75) is 45.5 Å². The molecule has 2 aliphatic rings. The number of anilines is 1. The largest absolute Gasteiger partial charge is 0.490 e. The lowest BCUT2D eigenvalue weighted by atomic mass is 9.83. The van der Waals surface area contributed by atoms with Crippen molar-refractivity contribution in [1.82, 2.24) is 15.3 Å². The van der Waals surface area contributed by atoms with E-state index >= 15 is 0 Å². The van der Waals surface area contributed by atoms with Crippen molar-refractivity contribution < 1.29 is 41.4 Å². The van der Waals surface area contributed by atoms with E-state index in [4.69, 9.17) is 14.6 Å². The minimum absolute atomic E-state index is 0.0894. The first-order valence-corrected chi connectivity index (χ1v) is 11.5. The van der Waals surface area contributed by atoms with Gasteiger partial charge in [0, 0.05) is 43.0 Å². The number of hydrogen-bond donors (Lipinski definition) is 2. The summed E-state index contributed by atoms with van der Waals surface area (Å²) < 4.78 is 64.2. The van der Waals surface area contributed by atoms with E-state index in [1.807, 2.05) is 19.9 Å². The highest BCUT2D eigenvalue weighted by molar-refractivity contribution is 5.76. The van der Waals surface area contributed by atoms with Crippen LogP contribution in [0.25, 0.3) is 0 Å². The fourth-order valence-corrected chi connectivity index (χ4v) is 4.50. The van der Waals surface area contributed by atoms with Crippen LogP contribution in [0.5, 0.6) is 0 Å². The number of aromatic nitrogens is 2. The topological polar surface area (TPSA) is 105 Å². The molecule has 8 nitrogen and oxygen atoms in total. The molecule has 4 rings (SSSR count). The Kier molecular flexibility index (Phi) is 9.00. The zero-order chi connectivity index (χ0) is 27.3. The summed E-state index contributed by atoms with van der Waals surface area (Å²) in [5, 5.41) is 9.87. The number of alkyl halides is 3. The molecule has 13 heteroatoms. The second-order valence-corrected chi connectivity index (χ2v) is 9.04. The summed E-state index contributed by atoms with van der Waals surface area (Å²) in [7, 11) is 0. The van der Waals surface area contributed by atoms with Crippen molar-refractivity contribution in [1.29, 1.82) is 0 Å². The SMILES string of the molecule is Cc1cc(C)nc(N2CC[C@@H]3[C@@H](CO[C@H]3CC(=O)NCc3cc(F)cc(F)c3)C2)n1.O=C(O)C(F)(F)F. The molecular formula is C24H27F5N4O4. The molecule has 3 atom stereocenters. The summed E-state index contributed by atoms with van der Waals surface area (Å²) in [4.78, 5) is 32.6. The van der Waals surface area contributed by atoms with Gasteiger partial charge in [-0.25, -0.2) is 23.5 Å². The molecule has 0 unspecified atom stereocenters. The van der Waals surface area contributed by atoms with Crippen molar-refractivity contribution in [3.8, 4) is 0 Å². The summed E-state index contributed by atoms with van der Waals surface area (Å²) in [6, 6.07) is 5.21. The van der Waals surface area contributed by atoms with E-state index in [1.165, 1.54) is 12.1 Å².